The first kappa shape index (κ1) is 13.6. The molecule has 0 saturated carbocycles. The smallest absolute Gasteiger partial charge is 0.329 e. The largest absolute Gasteiger partial charge is 0.467 e. The Kier molecular flexibility index (Phi) is 5.56. The van der Waals surface area contributed by atoms with E-state index in [1.165, 1.54) is 25.8 Å². The molecule has 0 heterocycles. The molecule has 0 bridgehead atoms. The van der Waals surface area contributed by atoms with Gasteiger partial charge in [0.1, 0.15) is 6.04 Å². The van der Waals surface area contributed by atoms with E-state index < -0.39 is 12.0 Å². The van der Waals surface area contributed by atoms with Gasteiger partial charge in [0.15, 0.2) is 0 Å². The van der Waals surface area contributed by atoms with Crippen LogP contribution in [0.5, 0.6) is 0 Å². The summed E-state index contributed by atoms with van der Waals surface area (Å²) >= 11 is 1.50. The van der Waals surface area contributed by atoms with Crippen LogP contribution in [0.3, 0.4) is 0 Å². The van der Waals surface area contributed by atoms with E-state index in [0.29, 0.717) is 5.75 Å². The molecule has 4 nitrogen and oxygen atoms in total. The van der Waals surface area contributed by atoms with Gasteiger partial charge in [-0.15, -0.1) is 11.8 Å². The summed E-state index contributed by atoms with van der Waals surface area (Å²) in [7, 11) is 1.31. The predicted molar refractivity (Wildman–Crippen MR) is 66.8 cm³/mol. The highest BCUT2D eigenvalue weighted by Crippen LogP contribution is 2.18. The summed E-state index contributed by atoms with van der Waals surface area (Å²) < 4.78 is 4.63. The molecule has 1 aromatic rings. The molecule has 0 saturated heterocycles. The van der Waals surface area contributed by atoms with E-state index in [0.717, 1.165) is 4.90 Å². The van der Waals surface area contributed by atoms with Crippen molar-refractivity contribution >= 4 is 23.6 Å². The minimum atomic E-state index is -0.609. The normalized spacial score (nSPS) is 11.6. The van der Waals surface area contributed by atoms with Gasteiger partial charge in [-0.05, 0) is 12.1 Å². The SMILES string of the molecule is COC(=O)C(CSc1ccccc1)NC(C)=O. The maximum absolute atomic E-state index is 11.4. The molecule has 1 amide bonds. The van der Waals surface area contributed by atoms with Crippen LogP contribution >= 0.6 is 11.8 Å². The Morgan fingerprint density at radius 3 is 2.53 bits per heavy atom. The molecule has 92 valence electrons. The van der Waals surface area contributed by atoms with Crippen molar-refractivity contribution in [3.05, 3.63) is 30.3 Å². The molecule has 0 aromatic heterocycles. The molecule has 17 heavy (non-hydrogen) atoms. The topological polar surface area (TPSA) is 55.4 Å². The Bertz CT molecular complexity index is 381. The zero-order valence-corrected chi connectivity index (χ0v) is 10.6. The van der Waals surface area contributed by atoms with E-state index in [9.17, 15) is 9.59 Å². The minimum Gasteiger partial charge on any atom is -0.467 e. The first-order valence-corrected chi connectivity index (χ1v) is 6.15. The summed E-state index contributed by atoms with van der Waals surface area (Å²) in [5.74, 6) is -0.214. The molecule has 1 unspecified atom stereocenters. The van der Waals surface area contributed by atoms with Gasteiger partial charge in [0, 0.05) is 17.6 Å². The van der Waals surface area contributed by atoms with E-state index >= 15 is 0 Å². The number of methoxy groups -OCH3 is 1. The highest BCUT2D eigenvalue weighted by atomic mass is 32.2. The van der Waals surface area contributed by atoms with Crippen LogP contribution < -0.4 is 5.32 Å². The summed E-state index contributed by atoms with van der Waals surface area (Å²) in [4.78, 5) is 23.4. The summed E-state index contributed by atoms with van der Waals surface area (Å²) in [6.45, 7) is 1.38. The molecular formula is C12H15NO3S. The second-order valence-corrected chi connectivity index (χ2v) is 4.49. The number of carbonyl (C=O) groups excluding carboxylic acids is 2. The number of rotatable bonds is 5. The van der Waals surface area contributed by atoms with Crippen molar-refractivity contribution in [3.63, 3.8) is 0 Å². The number of benzene rings is 1. The van der Waals surface area contributed by atoms with Crippen molar-refractivity contribution < 1.29 is 14.3 Å². The van der Waals surface area contributed by atoms with Gasteiger partial charge in [-0.1, -0.05) is 18.2 Å². The molecule has 0 aliphatic carbocycles. The Morgan fingerprint density at radius 2 is 2.00 bits per heavy atom. The van der Waals surface area contributed by atoms with Gasteiger partial charge in [0.2, 0.25) is 5.91 Å². The van der Waals surface area contributed by atoms with Gasteiger partial charge in [-0.25, -0.2) is 4.79 Å². The number of esters is 1. The van der Waals surface area contributed by atoms with Crippen LogP contribution in [0.25, 0.3) is 0 Å². The molecule has 0 aliphatic heterocycles. The van der Waals surface area contributed by atoms with Crippen LogP contribution in [0.1, 0.15) is 6.92 Å². The van der Waals surface area contributed by atoms with Crippen molar-refractivity contribution in [1.82, 2.24) is 5.32 Å². The first-order valence-electron chi connectivity index (χ1n) is 5.16. The maximum atomic E-state index is 11.4. The van der Waals surface area contributed by atoms with Crippen molar-refractivity contribution in [2.45, 2.75) is 17.9 Å². The number of hydrogen-bond donors (Lipinski definition) is 1. The number of carbonyl (C=O) groups is 2. The highest BCUT2D eigenvalue weighted by Gasteiger charge is 2.19. The van der Waals surface area contributed by atoms with E-state index in [1.54, 1.807) is 0 Å². The van der Waals surface area contributed by atoms with Crippen LogP contribution in [-0.2, 0) is 14.3 Å². The van der Waals surface area contributed by atoms with Crippen molar-refractivity contribution in [2.24, 2.45) is 0 Å². The van der Waals surface area contributed by atoms with Gasteiger partial charge in [-0.2, -0.15) is 0 Å². The van der Waals surface area contributed by atoms with Gasteiger partial charge in [-0.3, -0.25) is 4.79 Å². The second kappa shape index (κ2) is 6.96. The maximum Gasteiger partial charge on any atom is 0.329 e. The fourth-order valence-corrected chi connectivity index (χ4v) is 2.18. The average Bonchev–Trinajstić information content (AvgIpc) is 2.34. The zero-order valence-electron chi connectivity index (χ0n) is 9.80. The number of ether oxygens (including phenoxy) is 1. The summed E-state index contributed by atoms with van der Waals surface area (Å²) in [6.07, 6.45) is 0. The lowest BCUT2D eigenvalue weighted by Crippen LogP contribution is -2.42. The average molecular weight is 253 g/mol. The highest BCUT2D eigenvalue weighted by molar-refractivity contribution is 7.99. The second-order valence-electron chi connectivity index (χ2n) is 3.40. The molecule has 0 fully saturated rings. The molecule has 1 N–H and O–H groups in total. The third-order valence-electron chi connectivity index (χ3n) is 2.02. The fourth-order valence-electron chi connectivity index (χ4n) is 1.25. The molecule has 0 aliphatic rings. The van der Waals surface area contributed by atoms with E-state index in [2.05, 4.69) is 10.1 Å². The third-order valence-corrected chi connectivity index (χ3v) is 3.13. The summed E-state index contributed by atoms with van der Waals surface area (Å²) in [5, 5.41) is 2.57. The molecule has 5 heteroatoms. The van der Waals surface area contributed by atoms with Crippen LogP contribution in [-0.4, -0.2) is 30.8 Å². The van der Waals surface area contributed by atoms with Crippen LogP contribution in [0.2, 0.25) is 0 Å². The van der Waals surface area contributed by atoms with E-state index in [1.807, 2.05) is 30.3 Å². The molecule has 0 radical (unpaired) electrons. The fraction of sp³-hybridized carbons (Fsp3) is 0.333. The van der Waals surface area contributed by atoms with Crippen LogP contribution in [0.4, 0.5) is 0 Å². The van der Waals surface area contributed by atoms with Gasteiger partial charge in [0.05, 0.1) is 7.11 Å². The lowest BCUT2D eigenvalue weighted by Gasteiger charge is -2.14. The Hall–Kier alpha value is -1.49. The van der Waals surface area contributed by atoms with Crippen LogP contribution in [0, 0.1) is 0 Å². The molecule has 0 spiro atoms. The number of nitrogens with one attached hydrogen (secondary N) is 1. The Morgan fingerprint density at radius 1 is 1.35 bits per heavy atom. The summed E-state index contributed by atoms with van der Waals surface area (Å²) in [5.41, 5.74) is 0. The van der Waals surface area contributed by atoms with Crippen molar-refractivity contribution in [2.75, 3.05) is 12.9 Å². The van der Waals surface area contributed by atoms with E-state index in [4.69, 9.17) is 0 Å². The number of amides is 1. The quantitative estimate of drug-likeness (QED) is 0.637. The van der Waals surface area contributed by atoms with Gasteiger partial charge < -0.3 is 10.1 Å². The third kappa shape index (κ3) is 4.91. The number of hydrogen-bond acceptors (Lipinski definition) is 4. The Labute approximate surface area is 105 Å². The standard InChI is InChI=1S/C12H15NO3S/c1-9(14)13-11(12(15)16-2)8-17-10-6-4-3-5-7-10/h3-7,11H,8H2,1-2H3,(H,13,14). The molecule has 1 aromatic carbocycles. The van der Waals surface area contributed by atoms with Crippen molar-refractivity contribution in [3.8, 4) is 0 Å². The summed E-state index contributed by atoms with van der Waals surface area (Å²) in [6, 6.07) is 9.07. The van der Waals surface area contributed by atoms with E-state index in [-0.39, 0.29) is 5.91 Å². The lowest BCUT2D eigenvalue weighted by molar-refractivity contribution is -0.144. The van der Waals surface area contributed by atoms with Crippen molar-refractivity contribution in [1.29, 1.82) is 0 Å². The predicted octanol–water partition coefficient (Wildman–Crippen LogP) is 1.46. The zero-order chi connectivity index (χ0) is 12.7. The lowest BCUT2D eigenvalue weighted by atomic mass is 10.3. The number of thioether (sulfide) groups is 1. The monoisotopic (exact) mass is 253 g/mol. The molecule has 1 atom stereocenters. The Balaban J connectivity index is 2.55. The molecule has 1 rings (SSSR count). The van der Waals surface area contributed by atoms with Gasteiger partial charge in [0.25, 0.3) is 0 Å². The molecular weight excluding hydrogens is 238 g/mol. The first-order chi connectivity index (χ1) is 8.13. The minimum absolute atomic E-state index is 0.242. The van der Waals surface area contributed by atoms with Gasteiger partial charge >= 0.3 is 5.97 Å². The van der Waals surface area contributed by atoms with Crippen LogP contribution in [0.15, 0.2) is 35.2 Å².